The second-order valence-electron chi connectivity index (χ2n) is 4.92. The first-order chi connectivity index (χ1) is 11.6. The van der Waals surface area contributed by atoms with Gasteiger partial charge in [0.25, 0.3) is 0 Å². The molecule has 2 N–H and O–H groups in total. The predicted octanol–water partition coefficient (Wildman–Crippen LogP) is 1.00. The van der Waals surface area contributed by atoms with Crippen molar-refractivity contribution in [1.29, 1.82) is 0 Å². The molecule has 0 fully saturated rings. The van der Waals surface area contributed by atoms with Gasteiger partial charge in [-0.05, 0) is 12.1 Å². The van der Waals surface area contributed by atoms with Crippen molar-refractivity contribution in [2.24, 2.45) is 0 Å². The Balaban J connectivity index is 1.75. The minimum absolute atomic E-state index is 0.285. The van der Waals surface area contributed by atoms with E-state index in [2.05, 4.69) is 20.7 Å². The molecule has 0 aliphatic carbocycles. The van der Waals surface area contributed by atoms with E-state index >= 15 is 0 Å². The van der Waals surface area contributed by atoms with Crippen LogP contribution in [0.15, 0.2) is 29.6 Å². The number of halogens is 1. The standard InChI is InChI=1S/C15H14FN5O2S/c1-17-13(22)14(23)18-7-6-9-8-24-15-19-12(20-21(9)15)10-4-2-3-5-11(10)16/h2-5,8H,6-7H2,1H3,(H,17,22)(H,18,23). The minimum Gasteiger partial charge on any atom is -0.351 e. The molecule has 1 aromatic carbocycles. The first-order valence-corrected chi connectivity index (χ1v) is 8.06. The third-order valence-electron chi connectivity index (χ3n) is 3.36. The van der Waals surface area contributed by atoms with Gasteiger partial charge in [-0.1, -0.05) is 12.1 Å². The molecule has 3 rings (SSSR count). The van der Waals surface area contributed by atoms with Gasteiger partial charge in [-0.3, -0.25) is 9.59 Å². The molecule has 0 saturated heterocycles. The van der Waals surface area contributed by atoms with Crippen molar-refractivity contribution in [3.63, 3.8) is 0 Å². The molecular weight excluding hydrogens is 333 g/mol. The molecule has 0 aliphatic heterocycles. The van der Waals surface area contributed by atoms with Crippen LogP contribution in [0, 0.1) is 5.82 Å². The SMILES string of the molecule is CNC(=O)C(=O)NCCc1csc2nc(-c3ccccc3F)nn12. The Morgan fingerprint density at radius 3 is 2.83 bits per heavy atom. The molecular formula is C15H14FN5O2S. The number of aromatic nitrogens is 3. The van der Waals surface area contributed by atoms with Crippen LogP contribution in [-0.4, -0.2) is 40.0 Å². The van der Waals surface area contributed by atoms with Crippen molar-refractivity contribution < 1.29 is 14.0 Å². The van der Waals surface area contributed by atoms with E-state index in [9.17, 15) is 14.0 Å². The van der Waals surface area contributed by atoms with Gasteiger partial charge in [0.1, 0.15) is 5.82 Å². The number of nitrogens with zero attached hydrogens (tertiary/aromatic N) is 3. The highest BCUT2D eigenvalue weighted by atomic mass is 32.1. The van der Waals surface area contributed by atoms with Crippen molar-refractivity contribution in [2.75, 3.05) is 13.6 Å². The zero-order valence-electron chi connectivity index (χ0n) is 12.7. The quantitative estimate of drug-likeness (QED) is 0.689. The van der Waals surface area contributed by atoms with Crippen LogP contribution in [-0.2, 0) is 16.0 Å². The number of carbonyl (C=O) groups excluding carboxylic acids is 2. The number of thiazole rings is 1. The normalized spacial score (nSPS) is 10.8. The highest BCUT2D eigenvalue weighted by molar-refractivity contribution is 7.15. The molecule has 2 heterocycles. The molecule has 0 unspecified atom stereocenters. The van der Waals surface area contributed by atoms with E-state index in [0.717, 1.165) is 5.69 Å². The molecule has 2 aromatic heterocycles. The van der Waals surface area contributed by atoms with E-state index in [1.807, 2.05) is 5.38 Å². The largest absolute Gasteiger partial charge is 0.351 e. The number of benzene rings is 1. The van der Waals surface area contributed by atoms with Gasteiger partial charge in [-0.2, -0.15) is 4.98 Å². The highest BCUT2D eigenvalue weighted by Gasteiger charge is 2.15. The van der Waals surface area contributed by atoms with Crippen molar-refractivity contribution >= 4 is 28.1 Å². The van der Waals surface area contributed by atoms with Crippen LogP contribution in [0.5, 0.6) is 0 Å². The summed E-state index contributed by atoms with van der Waals surface area (Å²) in [6.45, 7) is 0.285. The summed E-state index contributed by atoms with van der Waals surface area (Å²) in [5.41, 5.74) is 1.16. The van der Waals surface area contributed by atoms with Gasteiger partial charge >= 0.3 is 11.8 Å². The second kappa shape index (κ2) is 6.75. The summed E-state index contributed by atoms with van der Waals surface area (Å²) in [5.74, 6) is -1.44. The molecule has 0 spiro atoms. The molecule has 0 aliphatic rings. The number of rotatable bonds is 4. The van der Waals surface area contributed by atoms with Crippen molar-refractivity contribution in [3.05, 3.63) is 41.2 Å². The van der Waals surface area contributed by atoms with Gasteiger partial charge in [0.05, 0.1) is 11.3 Å². The lowest BCUT2D eigenvalue weighted by molar-refractivity contribution is -0.138. The van der Waals surface area contributed by atoms with Gasteiger partial charge in [-0.15, -0.1) is 16.4 Å². The van der Waals surface area contributed by atoms with E-state index in [0.29, 0.717) is 22.8 Å². The van der Waals surface area contributed by atoms with E-state index < -0.39 is 11.8 Å². The number of amides is 2. The van der Waals surface area contributed by atoms with Crippen LogP contribution in [0.2, 0.25) is 0 Å². The summed E-state index contributed by atoms with van der Waals surface area (Å²) in [5, 5.41) is 11.0. The fourth-order valence-corrected chi connectivity index (χ4v) is 3.01. The first-order valence-electron chi connectivity index (χ1n) is 7.18. The summed E-state index contributed by atoms with van der Waals surface area (Å²) < 4.78 is 15.5. The third-order valence-corrected chi connectivity index (χ3v) is 4.23. The molecule has 24 heavy (non-hydrogen) atoms. The maximum absolute atomic E-state index is 13.8. The average Bonchev–Trinajstić information content (AvgIpc) is 3.16. The Kier molecular flexibility index (Phi) is 4.52. The summed E-state index contributed by atoms with van der Waals surface area (Å²) in [7, 11) is 1.39. The van der Waals surface area contributed by atoms with E-state index in [1.54, 1.807) is 22.7 Å². The number of likely N-dealkylation sites (N-methyl/N-ethyl adjacent to an activating group) is 1. The fourth-order valence-electron chi connectivity index (χ4n) is 2.15. The smallest absolute Gasteiger partial charge is 0.309 e. The Hall–Kier alpha value is -2.81. The Bertz CT molecular complexity index is 904. The zero-order chi connectivity index (χ0) is 17.1. The number of hydrogen-bond donors (Lipinski definition) is 2. The van der Waals surface area contributed by atoms with Crippen molar-refractivity contribution in [3.8, 4) is 11.4 Å². The summed E-state index contributed by atoms with van der Waals surface area (Å²) in [6.07, 6.45) is 0.475. The van der Waals surface area contributed by atoms with Crippen LogP contribution in [0.25, 0.3) is 16.3 Å². The van der Waals surface area contributed by atoms with Gasteiger partial charge in [-0.25, -0.2) is 8.91 Å². The molecule has 0 atom stereocenters. The van der Waals surface area contributed by atoms with Gasteiger partial charge in [0.15, 0.2) is 5.82 Å². The number of nitrogens with one attached hydrogen (secondary N) is 2. The van der Waals surface area contributed by atoms with Crippen LogP contribution >= 0.6 is 11.3 Å². The molecule has 7 nitrogen and oxygen atoms in total. The minimum atomic E-state index is -0.687. The molecule has 0 bridgehead atoms. The van der Waals surface area contributed by atoms with Crippen LogP contribution in [0.1, 0.15) is 5.69 Å². The molecule has 2 amide bonds. The summed E-state index contributed by atoms with van der Waals surface area (Å²) in [4.78, 5) is 27.5. The summed E-state index contributed by atoms with van der Waals surface area (Å²) in [6, 6.07) is 6.32. The highest BCUT2D eigenvalue weighted by Crippen LogP contribution is 2.22. The molecule has 124 valence electrons. The molecule has 0 radical (unpaired) electrons. The van der Waals surface area contributed by atoms with Crippen molar-refractivity contribution in [1.82, 2.24) is 25.2 Å². The second-order valence-corrected chi connectivity index (χ2v) is 5.76. The van der Waals surface area contributed by atoms with Gasteiger partial charge in [0, 0.05) is 25.4 Å². The lowest BCUT2D eigenvalue weighted by Crippen LogP contribution is -2.39. The number of fused-ring (bicyclic) bond motifs is 1. The molecule has 0 saturated carbocycles. The van der Waals surface area contributed by atoms with E-state index in [-0.39, 0.29) is 12.4 Å². The first kappa shape index (κ1) is 16.1. The lowest BCUT2D eigenvalue weighted by Gasteiger charge is -2.03. The van der Waals surface area contributed by atoms with Gasteiger partial charge < -0.3 is 10.6 Å². The molecule has 3 aromatic rings. The monoisotopic (exact) mass is 347 g/mol. The number of hydrogen-bond acceptors (Lipinski definition) is 5. The average molecular weight is 347 g/mol. The maximum Gasteiger partial charge on any atom is 0.309 e. The maximum atomic E-state index is 13.8. The lowest BCUT2D eigenvalue weighted by atomic mass is 10.2. The zero-order valence-corrected chi connectivity index (χ0v) is 13.6. The van der Waals surface area contributed by atoms with E-state index in [4.69, 9.17) is 0 Å². The van der Waals surface area contributed by atoms with E-state index in [1.165, 1.54) is 24.5 Å². The summed E-state index contributed by atoms with van der Waals surface area (Å²) >= 11 is 1.38. The Labute approximate surface area is 140 Å². The fraction of sp³-hybridized carbons (Fsp3) is 0.200. The van der Waals surface area contributed by atoms with Crippen LogP contribution in [0.4, 0.5) is 4.39 Å². The Morgan fingerprint density at radius 2 is 2.08 bits per heavy atom. The third kappa shape index (κ3) is 3.11. The molecule has 9 heteroatoms. The topological polar surface area (TPSA) is 88.4 Å². The Morgan fingerprint density at radius 1 is 1.29 bits per heavy atom. The number of carbonyl (C=O) groups is 2. The van der Waals surface area contributed by atoms with Gasteiger partial charge in [0.2, 0.25) is 4.96 Å². The van der Waals surface area contributed by atoms with Crippen molar-refractivity contribution in [2.45, 2.75) is 6.42 Å². The van der Waals surface area contributed by atoms with Crippen LogP contribution < -0.4 is 10.6 Å². The predicted molar refractivity (Wildman–Crippen MR) is 87.0 cm³/mol. The van der Waals surface area contributed by atoms with Crippen LogP contribution in [0.3, 0.4) is 0 Å².